The van der Waals surface area contributed by atoms with Gasteiger partial charge in [-0.25, -0.2) is 4.98 Å². The van der Waals surface area contributed by atoms with Crippen LogP contribution in [0.1, 0.15) is 26.5 Å². The Morgan fingerprint density at radius 2 is 2.17 bits per heavy atom. The molecule has 1 aromatic rings. The number of hydrogen-bond donors (Lipinski definition) is 0. The van der Waals surface area contributed by atoms with Gasteiger partial charge in [-0.1, -0.05) is 12.0 Å². The van der Waals surface area contributed by atoms with E-state index in [2.05, 4.69) is 43.8 Å². The predicted molar refractivity (Wildman–Crippen MR) is 49.4 cm³/mol. The molecule has 0 N–H and O–H groups in total. The Balaban J connectivity index is 2.81. The van der Waals surface area contributed by atoms with Gasteiger partial charge in [0.05, 0.1) is 6.20 Å². The maximum absolute atomic E-state index is 3.98. The summed E-state index contributed by atoms with van der Waals surface area (Å²) in [5, 5.41) is 0. The van der Waals surface area contributed by atoms with Crippen LogP contribution in [0, 0.1) is 23.5 Å². The van der Waals surface area contributed by atoms with Crippen molar-refractivity contribution in [2.75, 3.05) is 0 Å². The second-order valence-corrected chi connectivity index (χ2v) is 3.65. The first kappa shape index (κ1) is 8.80. The lowest BCUT2D eigenvalue weighted by Crippen LogP contribution is -1.99. The molecular weight excluding hydrogens is 146 g/mol. The minimum absolute atomic E-state index is 0.0392. The highest BCUT2D eigenvalue weighted by molar-refractivity contribution is 5.28. The first-order valence-electron chi connectivity index (χ1n) is 3.94. The summed E-state index contributed by atoms with van der Waals surface area (Å²) in [5.74, 6) is 6.10. The molecule has 0 spiro atoms. The van der Waals surface area contributed by atoms with Crippen LogP contribution in [0.25, 0.3) is 0 Å². The molecule has 1 heterocycles. The summed E-state index contributed by atoms with van der Waals surface area (Å²) in [6.07, 6.45) is 2.74. The van der Waals surface area contributed by atoms with Gasteiger partial charge in [0.1, 0.15) is 5.69 Å². The third-order valence-corrected chi connectivity index (χ3v) is 1.18. The van der Waals surface area contributed by atoms with Gasteiger partial charge in [0.15, 0.2) is 0 Å². The number of rotatable bonds is 0. The molecule has 1 radical (unpaired) electrons. The van der Waals surface area contributed by atoms with Crippen molar-refractivity contribution in [3.8, 4) is 11.8 Å². The molecule has 61 valence electrons. The van der Waals surface area contributed by atoms with Crippen LogP contribution in [0.4, 0.5) is 0 Å². The first-order chi connectivity index (χ1) is 5.58. The molecular formula is C11H12N. The lowest BCUT2D eigenvalue weighted by molar-refractivity contribution is 0.571. The van der Waals surface area contributed by atoms with Gasteiger partial charge in [-0.05, 0) is 38.8 Å². The maximum atomic E-state index is 3.98. The van der Waals surface area contributed by atoms with Crippen molar-refractivity contribution in [3.63, 3.8) is 0 Å². The zero-order valence-corrected chi connectivity index (χ0v) is 7.68. The van der Waals surface area contributed by atoms with E-state index in [1.165, 1.54) is 0 Å². The fourth-order valence-electron chi connectivity index (χ4n) is 0.648. The van der Waals surface area contributed by atoms with E-state index in [0.29, 0.717) is 0 Å². The Labute approximate surface area is 73.8 Å². The monoisotopic (exact) mass is 158 g/mol. The Bertz CT molecular complexity index is 295. The fraction of sp³-hybridized carbons (Fsp3) is 0.364. The van der Waals surface area contributed by atoms with Crippen molar-refractivity contribution in [1.29, 1.82) is 0 Å². The Morgan fingerprint density at radius 3 is 2.67 bits per heavy atom. The average Bonchev–Trinajstić information content (AvgIpc) is 2.02. The van der Waals surface area contributed by atoms with Crippen molar-refractivity contribution < 1.29 is 0 Å². The Hall–Kier alpha value is -1.29. The molecule has 0 aliphatic carbocycles. The number of pyridine rings is 1. The van der Waals surface area contributed by atoms with Crippen LogP contribution in [0.3, 0.4) is 0 Å². The van der Waals surface area contributed by atoms with E-state index in [-0.39, 0.29) is 5.41 Å². The summed E-state index contributed by atoms with van der Waals surface area (Å²) in [5.41, 5.74) is 0.824. The lowest BCUT2D eigenvalue weighted by Gasteiger charge is -2.06. The van der Waals surface area contributed by atoms with Gasteiger partial charge >= 0.3 is 0 Å². The van der Waals surface area contributed by atoms with E-state index < -0.39 is 0 Å². The summed E-state index contributed by atoms with van der Waals surface area (Å²) in [4.78, 5) is 3.98. The molecule has 0 aromatic carbocycles. The van der Waals surface area contributed by atoms with Crippen LogP contribution in [-0.2, 0) is 0 Å². The van der Waals surface area contributed by atoms with Gasteiger partial charge in [-0.2, -0.15) is 0 Å². The van der Waals surface area contributed by atoms with Gasteiger partial charge in [0, 0.05) is 5.41 Å². The number of aromatic nitrogens is 1. The average molecular weight is 158 g/mol. The molecule has 0 saturated heterocycles. The molecule has 1 nitrogen and oxygen atoms in total. The first-order valence-corrected chi connectivity index (χ1v) is 3.94. The van der Waals surface area contributed by atoms with E-state index in [4.69, 9.17) is 0 Å². The van der Waals surface area contributed by atoms with E-state index >= 15 is 0 Å². The van der Waals surface area contributed by atoms with Gasteiger partial charge < -0.3 is 0 Å². The third kappa shape index (κ3) is 3.21. The topological polar surface area (TPSA) is 12.9 Å². The van der Waals surface area contributed by atoms with E-state index in [1.54, 1.807) is 6.07 Å². The zero-order valence-electron chi connectivity index (χ0n) is 7.68. The van der Waals surface area contributed by atoms with Gasteiger partial charge in [0.25, 0.3) is 0 Å². The standard InChI is InChI=1S/C11H12N/c1-11(2,3)8-7-10-6-4-5-9-12-10/h4-6H,1-3H3. The molecule has 1 heteroatoms. The van der Waals surface area contributed by atoms with Crippen LogP contribution in [0.5, 0.6) is 0 Å². The Morgan fingerprint density at radius 1 is 1.42 bits per heavy atom. The molecule has 0 fully saturated rings. The van der Waals surface area contributed by atoms with E-state index in [1.807, 2.05) is 12.1 Å². The highest BCUT2D eigenvalue weighted by Crippen LogP contribution is 2.10. The van der Waals surface area contributed by atoms with Gasteiger partial charge in [-0.3, -0.25) is 0 Å². The summed E-state index contributed by atoms with van der Waals surface area (Å²) in [6.45, 7) is 6.23. The fourth-order valence-corrected chi connectivity index (χ4v) is 0.648. The molecule has 0 bridgehead atoms. The van der Waals surface area contributed by atoms with Gasteiger partial charge in [-0.15, -0.1) is 0 Å². The smallest absolute Gasteiger partial charge is 0.113 e. The van der Waals surface area contributed by atoms with Crippen LogP contribution in [-0.4, -0.2) is 4.98 Å². The second kappa shape index (κ2) is 3.40. The van der Waals surface area contributed by atoms with Crippen molar-refractivity contribution in [1.82, 2.24) is 4.98 Å². The highest BCUT2D eigenvalue weighted by Gasteiger charge is 2.03. The second-order valence-electron chi connectivity index (χ2n) is 3.65. The minimum Gasteiger partial charge on any atom is -0.238 e. The minimum atomic E-state index is 0.0392. The zero-order chi connectivity index (χ0) is 9.03. The Kier molecular flexibility index (Phi) is 2.50. The molecule has 1 aromatic heterocycles. The molecule has 0 aliphatic heterocycles. The summed E-state index contributed by atoms with van der Waals surface area (Å²) >= 11 is 0. The van der Waals surface area contributed by atoms with Crippen LogP contribution in [0.15, 0.2) is 18.2 Å². The SMILES string of the molecule is CC(C)(C)C#Cc1ccc[c]n1. The normalized spacial score (nSPS) is 10.2. The van der Waals surface area contributed by atoms with Crippen molar-refractivity contribution in [2.24, 2.45) is 5.41 Å². The van der Waals surface area contributed by atoms with Crippen LogP contribution in [0.2, 0.25) is 0 Å². The highest BCUT2D eigenvalue weighted by atomic mass is 14.6. The molecule has 0 unspecified atom stereocenters. The van der Waals surface area contributed by atoms with Gasteiger partial charge in [0.2, 0.25) is 0 Å². The quantitative estimate of drug-likeness (QED) is 0.528. The van der Waals surface area contributed by atoms with Crippen molar-refractivity contribution in [2.45, 2.75) is 20.8 Å². The van der Waals surface area contributed by atoms with E-state index in [0.717, 1.165) is 5.69 Å². The summed E-state index contributed by atoms with van der Waals surface area (Å²) < 4.78 is 0. The molecule has 0 amide bonds. The molecule has 0 aliphatic rings. The lowest BCUT2D eigenvalue weighted by atomic mass is 9.98. The summed E-state index contributed by atoms with van der Waals surface area (Å²) in [6, 6.07) is 5.54. The third-order valence-electron chi connectivity index (χ3n) is 1.18. The summed E-state index contributed by atoms with van der Waals surface area (Å²) in [7, 11) is 0. The molecule has 12 heavy (non-hydrogen) atoms. The molecule has 1 rings (SSSR count). The van der Waals surface area contributed by atoms with Crippen molar-refractivity contribution >= 4 is 0 Å². The number of nitrogens with zero attached hydrogens (tertiary/aromatic N) is 1. The predicted octanol–water partition coefficient (Wildman–Crippen LogP) is 2.28. The molecule has 0 saturated carbocycles. The van der Waals surface area contributed by atoms with E-state index in [9.17, 15) is 0 Å². The van der Waals surface area contributed by atoms with Crippen LogP contribution >= 0.6 is 0 Å². The van der Waals surface area contributed by atoms with Crippen LogP contribution < -0.4 is 0 Å². The van der Waals surface area contributed by atoms with Crippen molar-refractivity contribution in [3.05, 3.63) is 30.1 Å². The number of hydrogen-bond acceptors (Lipinski definition) is 1. The maximum Gasteiger partial charge on any atom is 0.113 e. The largest absolute Gasteiger partial charge is 0.238 e. The molecule has 0 atom stereocenters.